The van der Waals surface area contributed by atoms with Gasteiger partial charge < -0.3 is 9.88 Å². The van der Waals surface area contributed by atoms with Gasteiger partial charge in [0.2, 0.25) is 5.91 Å². The molecule has 2 amide bonds. The average molecular weight is 278 g/mol. The van der Waals surface area contributed by atoms with Crippen molar-refractivity contribution < 1.29 is 9.59 Å². The van der Waals surface area contributed by atoms with Crippen LogP contribution in [0.2, 0.25) is 0 Å². The van der Waals surface area contributed by atoms with Gasteiger partial charge in [0.25, 0.3) is 5.91 Å². The summed E-state index contributed by atoms with van der Waals surface area (Å²) in [6.07, 6.45) is 2.78. The average Bonchev–Trinajstić information content (AvgIpc) is 2.73. The summed E-state index contributed by atoms with van der Waals surface area (Å²) in [6.45, 7) is 5.07. The van der Waals surface area contributed by atoms with Crippen molar-refractivity contribution >= 4 is 11.8 Å². The number of carbonyl (C=O) groups excluding carboxylic acids is 2. The van der Waals surface area contributed by atoms with Crippen LogP contribution in [0.25, 0.3) is 0 Å². The number of imide groups is 1. The monoisotopic (exact) mass is 278 g/mol. The molecule has 2 N–H and O–H groups in total. The molecule has 1 aliphatic heterocycles. The number of hydrogen-bond donors (Lipinski definition) is 2. The Balaban J connectivity index is 1.87. The maximum Gasteiger partial charge on any atom is 0.274 e. The maximum absolute atomic E-state index is 12.0. The van der Waals surface area contributed by atoms with Gasteiger partial charge in [-0.1, -0.05) is 6.92 Å². The van der Waals surface area contributed by atoms with E-state index < -0.39 is 0 Å². The lowest BCUT2D eigenvalue weighted by Gasteiger charge is -2.37. The second-order valence-electron chi connectivity index (χ2n) is 5.16. The summed E-state index contributed by atoms with van der Waals surface area (Å²) < 4.78 is 1.70. The van der Waals surface area contributed by atoms with Crippen LogP contribution in [0.5, 0.6) is 0 Å². The van der Waals surface area contributed by atoms with Crippen molar-refractivity contribution in [2.75, 3.05) is 26.2 Å². The highest BCUT2D eigenvalue weighted by molar-refractivity contribution is 6.04. The Morgan fingerprint density at radius 2 is 2.25 bits per heavy atom. The Labute approximate surface area is 119 Å². The van der Waals surface area contributed by atoms with Crippen molar-refractivity contribution in [2.45, 2.75) is 19.4 Å². The van der Waals surface area contributed by atoms with Crippen LogP contribution in [0.3, 0.4) is 0 Å². The van der Waals surface area contributed by atoms with E-state index in [1.807, 2.05) is 0 Å². The Kier molecular flexibility index (Phi) is 4.92. The van der Waals surface area contributed by atoms with Crippen molar-refractivity contribution in [3.63, 3.8) is 0 Å². The van der Waals surface area contributed by atoms with E-state index in [9.17, 15) is 9.59 Å². The van der Waals surface area contributed by atoms with Gasteiger partial charge in [-0.05, 0) is 25.1 Å². The number of rotatable bonds is 6. The molecule has 20 heavy (non-hydrogen) atoms. The molecule has 1 saturated heterocycles. The van der Waals surface area contributed by atoms with Gasteiger partial charge in [0.1, 0.15) is 5.69 Å². The molecule has 0 aromatic carbocycles. The second kappa shape index (κ2) is 6.67. The number of nitrogens with zero attached hydrogens (tertiary/aromatic N) is 2. The van der Waals surface area contributed by atoms with Crippen LogP contribution in [-0.2, 0) is 11.8 Å². The molecule has 0 saturated carbocycles. The molecule has 6 heteroatoms. The molecule has 1 aromatic heterocycles. The third-order valence-corrected chi connectivity index (χ3v) is 3.56. The van der Waals surface area contributed by atoms with E-state index in [0.29, 0.717) is 11.7 Å². The molecule has 0 aliphatic carbocycles. The van der Waals surface area contributed by atoms with E-state index in [1.165, 1.54) is 0 Å². The highest BCUT2D eigenvalue weighted by Crippen LogP contribution is 2.06. The lowest BCUT2D eigenvalue weighted by molar-refractivity contribution is -0.122. The lowest BCUT2D eigenvalue weighted by atomic mass is 10.1. The summed E-state index contributed by atoms with van der Waals surface area (Å²) in [5.41, 5.74) is 0.491. The van der Waals surface area contributed by atoms with Gasteiger partial charge in [-0.25, -0.2) is 0 Å². The highest BCUT2D eigenvalue weighted by Gasteiger charge is 2.26. The third-order valence-electron chi connectivity index (χ3n) is 3.56. The van der Waals surface area contributed by atoms with Crippen LogP contribution in [-0.4, -0.2) is 53.5 Å². The zero-order valence-corrected chi connectivity index (χ0v) is 12.1. The van der Waals surface area contributed by atoms with Gasteiger partial charge in [-0.15, -0.1) is 0 Å². The van der Waals surface area contributed by atoms with Crippen molar-refractivity contribution in [2.24, 2.45) is 7.05 Å². The summed E-state index contributed by atoms with van der Waals surface area (Å²) >= 11 is 0. The first-order valence-electron chi connectivity index (χ1n) is 7.02. The minimum absolute atomic E-state index is 0.239. The first-order valence-corrected chi connectivity index (χ1v) is 7.02. The predicted molar refractivity (Wildman–Crippen MR) is 76.4 cm³/mol. The maximum atomic E-state index is 12.0. The van der Waals surface area contributed by atoms with Gasteiger partial charge in [0, 0.05) is 32.4 Å². The van der Waals surface area contributed by atoms with Gasteiger partial charge >= 0.3 is 0 Å². The Morgan fingerprint density at radius 3 is 2.75 bits per heavy atom. The number of aromatic nitrogens is 1. The highest BCUT2D eigenvalue weighted by atomic mass is 16.2. The zero-order chi connectivity index (χ0) is 14.5. The molecule has 0 radical (unpaired) electrons. The minimum atomic E-state index is -0.342. The Hall–Kier alpha value is -1.66. The topological polar surface area (TPSA) is 66.4 Å². The molecular weight excluding hydrogens is 256 g/mol. The van der Waals surface area contributed by atoms with Gasteiger partial charge in [0.15, 0.2) is 0 Å². The number of hydrogen-bond acceptors (Lipinski definition) is 4. The van der Waals surface area contributed by atoms with E-state index in [2.05, 4.69) is 22.5 Å². The van der Waals surface area contributed by atoms with Crippen molar-refractivity contribution in [3.05, 3.63) is 24.0 Å². The molecule has 2 heterocycles. The lowest BCUT2D eigenvalue weighted by Crippen LogP contribution is -2.59. The third kappa shape index (κ3) is 3.46. The number of amides is 2. The molecule has 0 unspecified atom stereocenters. The fourth-order valence-electron chi connectivity index (χ4n) is 2.32. The first-order chi connectivity index (χ1) is 9.61. The van der Waals surface area contributed by atoms with E-state index >= 15 is 0 Å². The zero-order valence-electron chi connectivity index (χ0n) is 12.1. The SMILES string of the molecule is CCCN(CC(=O)NC(=O)c1cccn1C)C1CNC1. The summed E-state index contributed by atoms with van der Waals surface area (Å²) in [5, 5.41) is 5.65. The summed E-state index contributed by atoms with van der Waals surface area (Å²) in [7, 11) is 1.78. The Bertz CT molecular complexity index is 479. The molecule has 2 rings (SSSR count). The molecule has 1 aromatic rings. The molecule has 1 fully saturated rings. The van der Waals surface area contributed by atoms with Crippen LogP contribution in [0, 0.1) is 0 Å². The predicted octanol–water partition coefficient (Wildman–Crippen LogP) is -0.0347. The van der Waals surface area contributed by atoms with E-state index in [0.717, 1.165) is 26.1 Å². The van der Waals surface area contributed by atoms with Crippen LogP contribution in [0.1, 0.15) is 23.8 Å². The quantitative estimate of drug-likeness (QED) is 0.766. The summed E-state index contributed by atoms with van der Waals surface area (Å²) in [6, 6.07) is 3.89. The van der Waals surface area contributed by atoms with E-state index in [4.69, 9.17) is 0 Å². The molecule has 0 spiro atoms. The summed E-state index contributed by atoms with van der Waals surface area (Å²) in [4.78, 5) is 26.1. The normalized spacial score (nSPS) is 15.2. The number of nitrogens with one attached hydrogen (secondary N) is 2. The standard InChI is InChI=1S/C14H22N4O2/c1-3-6-18(11-8-15-9-11)10-13(19)16-14(20)12-5-4-7-17(12)2/h4-5,7,11,15H,3,6,8-10H2,1-2H3,(H,16,19,20). The molecule has 0 bridgehead atoms. The number of aryl methyl sites for hydroxylation is 1. The van der Waals surface area contributed by atoms with Crippen molar-refractivity contribution in [3.8, 4) is 0 Å². The molecule has 110 valence electrons. The molecule has 0 atom stereocenters. The van der Waals surface area contributed by atoms with Gasteiger partial charge in [0.05, 0.1) is 6.54 Å². The second-order valence-corrected chi connectivity index (χ2v) is 5.16. The van der Waals surface area contributed by atoms with Crippen molar-refractivity contribution in [1.82, 2.24) is 20.1 Å². The van der Waals surface area contributed by atoms with Crippen molar-refractivity contribution in [1.29, 1.82) is 0 Å². The first kappa shape index (κ1) is 14.7. The van der Waals surface area contributed by atoms with Crippen LogP contribution in [0.15, 0.2) is 18.3 Å². The fraction of sp³-hybridized carbons (Fsp3) is 0.571. The van der Waals surface area contributed by atoms with Crippen LogP contribution >= 0.6 is 0 Å². The fourth-order valence-corrected chi connectivity index (χ4v) is 2.32. The smallest absolute Gasteiger partial charge is 0.274 e. The molecule has 6 nitrogen and oxygen atoms in total. The minimum Gasteiger partial charge on any atom is -0.347 e. The molecule has 1 aliphatic rings. The number of carbonyl (C=O) groups is 2. The van der Waals surface area contributed by atoms with E-state index in [-0.39, 0.29) is 18.4 Å². The van der Waals surface area contributed by atoms with Crippen LogP contribution in [0.4, 0.5) is 0 Å². The summed E-state index contributed by atoms with van der Waals surface area (Å²) in [5.74, 6) is -0.581. The molecular formula is C14H22N4O2. The van der Waals surface area contributed by atoms with Gasteiger partial charge in [-0.3, -0.25) is 19.8 Å². The van der Waals surface area contributed by atoms with E-state index in [1.54, 1.807) is 29.9 Å². The Morgan fingerprint density at radius 1 is 1.50 bits per heavy atom. The van der Waals surface area contributed by atoms with Gasteiger partial charge in [-0.2, -0.15) is 0 Å². The largest absolute Gasteiger partial charge is 0.347 e. The van der Waals surface area contributed by atoms with Crippen LogP contribution < -0.4 is 10.6 Å².